The van der Waals surface area contributed by atoms with Gasteiger partial charge in [0.1, 0.15) is 5.69 Å². The largest absolute Gasteiger partial charge is 0.477 e. The minimum absolute atomic E-state index is 0.336. The van der Waals surface area contributed by atoms with E-state index in [-0.39, 0.29) is 0 Å². The summed E-state index contributed by atoms with van der Waals surface area (Å²) >= 11 is 0. The number of nitrogens with one attached hydrogen (secondary N) is 2. The van der Waals surface area contributed by atoms with Crippen molar-refractivity contribution in [2.24, 2.45) is 0 Å². The Kier molecular flexibility index (Phi) is 3.03. The highest BCUT2D eigenvalue weighted by atomic mass is 16.4. The van der Waals surface area contributed by atoms with E-state index in [4.69, 9.17) is 0 Å². The van der Waals surface area contributed by atoms with Crippen LogP contribution in [0, 0.1) is 6.92 Å². The molecule has 19 heavy (non-hydrogen) atoms. The number of hydrogen-bond donors (Lipinski definition) is 3. The van der Waals surface area contributed by atoms with Crippen molar-refractivity contribution in [2.75, 3.05) is 13.1 Å². The number of rotatable bonds is 2. The molecule has 1 aliphatic rings. The van der Waals surface area contributed by atoms with Gasteiger partial charge in [0.05, 0.1) is 0 Å². The van der Waals surface area contributed by atoms with Crippen LogP contribution in [0.5, 0.6) is 0 Å². The highest BCUT2D eigenvalue weighted by molar-refractivity contribution is 5.98. The summed E-state index contributed by atoms with van der Waals surface area (Å²) in [4.78, 5) is 14.5. The molecule has 0 saturated carbocycles. The molecule has 3 N–H and O–H groups in total. The lowest BCUT2D eigenvalue weighted by atomic mass is 9.88. The Morgan fingerprint density at radius 3 is 2.74 bits per heavy atom. The Bertz CT molecular complexity index is 624. The van der Waals surface area contributed by atoms with Crippen LogP contribution in [-0.2, 0) is 0 Å². The van der Waals surface area contributed by atoms with Gasteiger partial charge in [-0.25, -0.2) is 4.79 Å². The van der Waals surface area contributed by atoms with Crippen LogP contribution in [0.25, 0.3) is 10.9 Å². The van der Waals surface area contributed by atoms with Gasteiger partial charge < -0.3 is 15.4 Å². The minimum atomic E-state index is -0.859. The van der Waals surface area contributed by atoms with E-state index in [1.165, 1.54) is 5.56 Å². The molecule has 100 valence electrons. The number of aryl methyl sites for hydroxylation is 1. The van der Waals surface area contributed by atoms with Crippen LogP contribution in [0.4, 0.5) is 0 Å². The molecule has 0 bridgehead atoms. The van der Waals surface area contributed by atoms with E-state index < -0.39 is 5.97 Å². The summed E-state index contributed by atoms with van der Waals surface area (Å²) < 4.78 is 0. The zero-order chi connectivity index (χ0) is 13.4. The topological polar surface area (TPSA) is 65.1 Å². The molecule has 4 nitrogen and oxygen atoms in total. The van der Waals surface area contributed by atoms with E-state index >= 15 is 0 Å². The quantitative estimate of drug-likeness (QED) is 0.776. The summed E-state index contributed by atoms with van der Waals surface area (Å²) in [6, 6.07) is 6.08. The van der Waals surface area contributed by atoms with Crippen molar-refractivity contribution in [3.63, 3.8) is 0 Å². The van der Waals surface area contributed by atoms with Gasteiger partial charge in [-0.2, -0.15) is 0 Å². The number of fused-ring (bicyclic) bond motifs is 1. The third-order valence-electron chi connectivity index (χ3n) is 3.96. The van der Waals surface area contributed by atoms with Crippen molar-refractivity contribution in [3.05, 3.63) is 35.0 Å². The fourth-order valence-corrected chi connectivity index (χ4v) is 3.03. The number of carbonyl (C=O) groups is 1. The predicted molar refractivity (Wildman–Crippen MR) is 74.8 cm³/mol. The van der Waals surface area contributed by atoms with E-state index in [0.717, 1.165) is 42.4 Å². The highest BCUT2D eigenvalue weighted by Gasteiger charge is 2.25. The first kappa shape index (κ1) is 12.2. The van der Waals surface area contributed by atoms with E-state index in [1.807, 2.05) is 19.1 Å². The van der Waals surface area contributed by atoms with Crippen molar-refractivity contribution in [1.29, 1.82) is 0 Å². The molecule has 1 saturated heterocycles. The number of aromatic nitrogens is 1. The second-order valence-electron chi connectivity index (χ2n) is 5.29. The van der Waals surface area contributed by atoms with Crippen molar-refractivity contribution >= 4 is 16.9 Å². The van der Waals surface area contributed by atoms with Crippen LogP contribution < -0.4 is 5.32 Å². The Morgan fingerprint density at radius 1 is 1.32 bits per heavy atom. The molecule has 2 heterocycles. The smallest absolute Gasteiger partial charge is 0.352 e. The molecule has 0 unspecified atom stereocenters. The van der Waals surface area contributed by atoms with Crippen LogP contribution in [0.1, 0.15) is 40.4 Å². The van der Waals surface area contributed by atoms with Gasteiger partial charge in [0.2, 0.25) is 0 Å². The maximum Gasteiger partial charge on any atom is 0.352 e. The van der Waals surface area contributed by atoms with E-state index in [1.54, 1.807) is 0 Å². The van der Waals surface area contributed by atoms with E-state index in [0.29, 0.717) is 11.6 Å². The second-order valence-corrected chi connectivity index (χ2v) is 5.29. The standard InChI is InChI=1S/C15H18N2O2/c1-9-2-3-12-11(8-9)13(14(17-12)15(18)19)10-4-6-16-7-5-10/h2-3,8,10,16-17H,4-7H2,1H3,(H,18,19). The van der Waals surface area contributed by atoms with Crippen molar-refractivity contribution in [1.82, 2.24) is 10.3 Å². The summed E-state index contributed by atoms with van der Waals surface area (Å²) in [6.45, 7) is 3.96. The van der Waals surface area contributed by atoms with E-state index in [9.17, 15) is 9.90 Å². The third kappa shape index (κ3) is 2.12. The summed E-state index contributed by atoms with van der Waals surface area (Å²) in [5.74, 6) is -0.523. The average molecular weight is 258 g/mol. The van der Waals surface area contributed by atoms with Gasteiger partial charge in [-0.1, -0.05) is 11.6 Å². The molecular formula is C15H18N2O2. The second kappa shape index (κ2) is 4.70. The maximum atomic E-state index is 11.5. The van der Waals surface area contributed by atoms with Gasteiger partial charge in [-0.15, -0.1) is 0 Å². The molecule has 1 aromatic heterocycles. The summed E-state index contributed by atoms with van der Waals surface area (Å²) in [6.07, 6.45) is 2.00. The summed E-state index contributed by atoms with van der Waals surface area (Å²) in [5, 5.41) is 13.8. The maximum absolute atomic E-state index is 11.5. The van der Waals surface area contributed by atoms with Gasteiger partial charge in [0.25, 0.3) is 0 Å². The van der Waals surface area contributed by atoms with Crippen LogP contribution in [-0.4, -0.2) is 29.1 Å². The number of carboxylic acid groups (broad SMARTS) is 1. The van der Waals surface area contributed by atoms with Crippen LogP contribution in [0.3, 0.4) is 0 Å². The Morgan fingerprint density at radius 2 is 2.05 bits per heavy atom. The van der Waals surface area contributed by atoms with Crippen molar-refractivity contribution < 1.29 is 9.90 Å². The van der Waals surface area contributed by atoms with Crippen molar-refractivity contribution in [3.8, 4) is 0 Å². The molecule has 0 radical (unpaired) electrons. The number of aromatic carboxylic acids is 1. The Labute approximate surface area is 111 Å². The molecular weight excluding hydrogens is 240 g/mol. The zero-order valence-corrected chi connectivity index (χ0v) is 11.0. The molecule has 0 aliphatic carbocycles. The number of benzene rings is 1. The summed E-state index contributed by atoms with van der Waals surface area (Å²) in [5.41, 5.74) is 3.45. The average Bonchev–Trinajstić information content (AvgIpc) is 2.78. The molecule has 4 heteroatoms. The van der Waals surface area contributed by atoms with Gasteiger partial charge in [-0.05, 0) is 56.5 Å². The lowest BCUT2D eigenvalue weighted by Gasteiger charge is -2.23. The first-order chi connectivity index (χ1) is 9.16. The number of hydrogen-bond acceptors (Lipinski definition) is 2. The van der Waals surface area contributed by atoms with Gasteiger partial charge in [0.15, 0.2) is 0 Å². The van der Waals surface area contributed by atoms with Gasteiger partial charge in [0, 0.05) is 10.9 Å². The highest BCUT2D eigenvalue weighted by Crippen LogP contribution is 2.35. The Balaban J connectivity index is 2.20. The van der Waals surface area contributed by atoms with Crippen LogP contribution >= 0.6 is 0 Å². The van der Waals surface area contributed by atoms with Gasteiger partial charge >= 0.3 is 5.97 Å². The van der Waals surface area contributed by atoms with E-state index in [2.05, 4.69) is 16.4 Å². The molecule has 1 fully saturated rings. The minimum Gasteiger partial charge on any atom is -0.477 e. The van der Waals surface area contributed by atoms with Crippen molar-refractivity contribution in [2.45, 2.75) is 25.7 Å². The molecule has 0 spiro atoms. The lowest BCUT2D eigenvalue weighted by Crippen LogP contribution is -2.27. The number of piperidine rings is 1. The molecule has 0 atom stereocenters. The fourth-order valence-electron chi connectivity index (χ4n) is 3.03. The normalized spacial score (nSPS) is 16.9. The molecule has 2 aromatic rings. The molecule has 1 aliphatic heterocycles. The zero-order valence-electron chi connectivity index (χ0n) is 11.0. The molecule has 0 amide bonds. The Hall–Kier alpha value is -1.81. The number of H-pyrrole nitrogens is 1. The number of aromatic amines is 1. The first-order valence-corrected chi connectivity index (χ1v) is 6.73. The number of carboxylic acids is 1. The monoisotopic (exact) mass is 258 g/mol. The van der Waals surface area contributed by atoms with Gasteiger partial charge in [-0.3, -0.25) is 0 Å². The fraction of sp³-hybridized carbons (Fsp3) is 0.400. The van der Waals surface area contributed by atoms with Crippen LogP contribution in [0.2, 0.25) is 0 Å². The SMILES string of the molecule is Cc1ccc2[nH]c(C(=O)O)c(C3CCNCC3)c2c1. The molecule has 3 rings (SSSR count). The predicted octanol–water partition coefficient (Wildman–Crippen LogP) is 2.64. The molecule has 1 aromatic carbocycles. The lowest BCUT2D eigenvalue weighted by molar-refractivity contribution is 0.0689. The van der Waals surface area contributed by atoms with Crippen LogP contribution in [0.15, 0.2) is 18.2 Å². The summed E-state index contributed by atoms with van der Waals surface area (Å²) in [7, 11) is 0. The third-order valence-corrected chi connectivity index (χ3v) is 3.96. The first-order valence-electron chi connectivity index (χ1n) is 6.73.